The van der Waals surface area contributed by atoms with Gasteiger partial charge in [-0.15, -0.1) is 0 Å². The first-order valence-electron chi connectivity index (χ1n) is 10.8. The van der Waals surface area contributed by atoms with Gasteiger partial charge < -0.3 is 14.5 Å². The Labute approximate surface area is 187 Å². The molecular formula is C25H26N2O5. The molecule has 166 valence electrons. The summed E-state index contributed by atoms with van der Waals surface area (Å²) in [5.74, 6) is -0.302. The summed E-state index contributed by atoms with van der Waals surface area (Å²) in [7, 11) is 0. The third-order valence-electron chi connectivity index (χ3n) is 6.33. The van der Waals surface area contributed by atoms with Crippen LogP contribution in [-0.4, -0.2) is 65.1 Å². The number of benzene rings is 2. The SMILES string of the molecule is CC(=O)c1ccc(C(=O)N2CCC3(CC2)OCCN3C(=O)c2ccc(C(C)=O)cc2)cc1. The first-order valence-corrected chi connectivity index (χ1v) is 10.8. The number of ketones is 2. The van der Waals surface area contributed by atoms with Gasteiger partial charge in [-0.2, -0.15) is 0 Å². The summed E-state index contributed by atoms with van der Waals surface area (Å²) < 4.78 is 6.05. The van der Waals surface area contributed by atoms with E-state index in [1.165, 1.54) is 13.8 Å². The number of amides is 2. The molecule has 2 fully saturated rings. The van der Waals surface area contributed by atoms with E-state index in [1.54, 1.807) is 58.3 Å². The zero-order valence-electron chi connectivity index (χ0n) is 18.3. The van der Waals surface area contributed by atoms with Crippen molar-refractivity contribution in [2.45, 2.75) is 32.4 Å². The normalized spacial score (nSPS) is 17.4. The number of hydrogen-bond acceptors (Lipinski definition) is 5. The maximum absolute atomic E-state index is 13.2. The standard InChI is InChI=1S/C25H26N2O5/c1-17(28)19-3-7-21(8-4-19)23(30)26-13-11-25(12-14-26)27(15-16-32-25)24(31)22-9-5-20(6-10-22)18(2)29/h3-10H,11-16H2,1-2H3. The van der Waals surface area contributed by atoms with Gasteiger partial charge in [0.1, 0.15) is 5.72 Å². The molecule has 2 aliphatic heterocycles. The van der Waals surface area contributed by atoms with Gasteiger partial charge in [0.05, 0.1) is 6.61 Å². The first kappa shape index (κ1) is 21.9. The summed E-state index contributed by atoms with van der Waals surface area (Å²) in [6.07, 6.45) is 1.06. The molecule has 2 aliphatic rings. The highest BCUT2D eigenvalue weighted by molar-refractivity contribution is 5.99. The van der Waals surface area contributed by atoms with Gasteiger partial charge in [-0.1, -0.05) is 24.3 Å². The molecule has 7 nitrogen and oxygen atoms in total. The lowest BCUT2D eigenvalue weighted by molar-refractivity contribution is -0.100. The molecule has 32 heavy (non-hydrogen) atoms. The number of carbonyl (C=O) groups is 4. The molecule has 0 atom stereocenters. The van der Waals surface area contributed by atoms with Gasteiger partial charge in [0, 0.05) is 54.7 Å². The fraction of sp³-hybridized carbons (Fsp3) is 0.360. The number of ether oxygens (including phenoxy) is 1. The largest absolute Gasteiger partial charge is 0.354 e. The summed E-state index contributed by atoms with van der Waals surface area (Å²) in [5, 5.41) is 0. The van der Waals surface area contributed by atoms with E-state index >= 15 is 0 Å². The average Bonchev–Trinajstić information content (AvgIpc) is 3.21. The number of piperidine rings is 1. The van der Waals surface area contributed by atoms with Crippen molar-refractivity contribution in [3.63, 3.8) is 0 Å². The van der Waals surface area contributed by atoms with Gasteiger partial charge >= 0.3 is 0 Å². The third-order valence-corrected chi connectivity index (χ3v) is 6.33. The van der Waals surface area contributed by atoms with Crippen molar-refractivity contribution in [3.05, 3.63) is 70.8 Å². The summed E-state index contributed by atoms with van der Waals surface area (Å²) in [6, 6.07) is 13.4. The Morgan fingerprint density at radius 3 is 1.59 bits per heavy atom. The van der Waals surface area contributed by atoms with Gasteiger partial charge in [0.2, 0.25) is 0 Å². The molecule has 0 aliphatic carbocycles. The molecule has 0 N–H and O–H groups in total. The minimum Gasteiger partial charge on any atom is -0.354 e. The quantitative estimate of drug-likeness (QED) is 0.690. The zero-order chi connectivity index (χ0) is 22.9. The van der Waals surface area contributed by atoms with E-state index in [9.17, 15) is 19.2 Å². The molecule has 2 heterocycles. The van der Waals surface area contributed by atoms with Crippen molar-refractivity contribution in [3.8, 4) is 0 Å². The lowest BCUT2D eigenvalue weighted by atomic mass is 9.97. The monoisotopic (exact) mass is 434 g/mol. The lowest BCUT2D eigenvalue weighted by Crippen LogP contribution is -2.55. The number of nitrogens with zero attached hydrogens (tertiary/aromatic N) is 2. The van der Waals surface area contributed by atoms with Crippen LogP contribution in [0.25, 0.3) is 0 Å². The predicted octanol–water partition coefficient (Wildman–Crippen LogP) is 3.20. The number of likely N-dealkylation sites (tertiary alicyclic amines) is 1. The molecule has 2 saturated heterocycles. The Hall–Kier alpha value is -3.32. The zero-order valence-corrected chi connectivity index (χ0v) is 18.3. The molecule has 2 amide bonds. The number of Topliss-reactive ketones (excluding diaryl/α,β-unsaturated/α-hetero) is 2. The molecule has 2 aromatic carbocycles. The van der Waals surface area contributed by atoms with Crippen molar-refractivity contribution in [2.75, 3.05) is 26.2 Å². The number of rotatable bonds is 4. The van der Waals surface area contributed by atoms with Crippen molar-refractivity contribution in [1.82, 2.24) is 9.80 Å². The van der Waals surface area contributed by atoms with Crippen LogP contribution in [0.3, 0.4) is 0 Å². The molecule has 0 radical (unpaired) electrons. The molecule has 0 saturated carbocycles. The molecule has 0 bridgehead atoms. The van der Waals surface area contributed by atoms with Crippen molar-refractivity contribution < 1.29 is 23.9 Å². The van der Waals surface area contributed by atoms with Crippen LogP contribution in [-0.2, 0) is 4.74 Å². The predicted molar refractivity (Wildman–Crippen MR) is 118 cm³/mol. The fourth-order valence-corrected chi connectivity index (χ4v) is 4.40. The van der Waals surface area contributed by atoms with Gasteiger partial charge in [-0.25, -0.2) is 0 Å². The smallest absolute Gasteiger partial charge is 0.256 e. The van der Waals surface area contributed by atoms with Crippen LogP contribution in [0.15, 0.2) is 48.5 Å². The van der Waals surface area contributed by atoms with Crippen molar-refractivity contribution in [1.29, 1.82) is 0 Å². The van der Waals surface area contributed by atoms with Crippen molar-refractivity contribution >= 4 is 23.4 Å². The van der Waals surface area contributed by atoms with Gasteiger partial charge in [-0.05, 0) is 38.1 Å². The Balaban J connectivity index is 1.44. The summed E-state index contributed by atoms with van der Waals surface area (Å²) in [5.41, 5.74) is 1.48. The van der Waals surface area contributed by atoms with Crippen LogP contribution >= 0.6 is 0 Å². The van der Waals surface area contributed by atoms with Gasteiger partial charge in [0.25, 0.3) is 11.8 Å². The van der Waals surface area contributed by atoms with E-state index in [0.717, 1.165) is 0 Å². The minimum atomic E-state index is -0.717. The van der Waals surface area contributed by atoms with Gasteiger partial charge in [-0.3, -0.25) is 19.2 Å². The van der Waals surface area contributed by atoms with Crippen LogP contribution in [0.5, 0.6) is 0 Å². The number of carbonyl (C=O) groups excluding carboxylic acids is 4. The summed E-state index contributed by atoms with van der Waals surface area (Å²) >= 11 is 0. The first-order chi connectivity index (χ1) is 15.3. The summed E-state index contributed by atoms with van der Waals surface area (Å²) in [4.78, 5) is 52.6. The van der Waals surface area contributed by atoms with Gasteiger partial charge in [0.15, 0.2) is 11.6 Å². The van der Waals surface area contributed by atoms with E-state index in [2.05, 4.69) is 0 Å². The van der Waals surface area contributed by atoms with E-state index in [0.29, 0.717) is 61.3 Å². The molecule has 2 aromatic rings. The molecular weight excluding hydrogens is 408 g/mol. The van der Waals surface area contributed by atoms with Crippen LogP contribution in [0, 0.1) is 0 Å². The maximum Gasteiger partial charge on any atom is 0.256 e. The second-order valence-corrected chi connectivity index (χ2v) is 8.31. The van der Waals surface area contributed by atoms with E-state index < -0.39 is 5.72 Å². The average molecular weight is 434 g/mol. The second kappa shape index (κ2) is 8.67. The van der Waals surface area contributed by atoms with E-state index in [1.807, 2.05) is 0 Å². The molecule has 4 rings (SSSR count). The van der Waals surface area contributed by atoms with Crippen LogP contribution < -0.4 is 0 Å². The molecule has 0 unspecified atom stereocenters. The molecule has 1 spiro atoms. The molecule has 0 aromatic heterocycles. The second-order valence-electron chi connectivity index (χ2n) is 8.31. The number of hydrogen-bond donors (Lipinski definition) is 0. The maximum atomic E-state index is 13.2. The topological polar surface area (TPSA) is 84.0 Å². The van der Waals surface area contributed by atoms with Crippen LogP contribution in [0.1, 0.15) is 68.1 Å². The fourth-order valence-electron chi connectivity index (χ4n) is 4.40. The Kier molecular flexibility index (Phi) is 5.93. The third kappa shape index (κ3) is 4.08. The summed E-state index contributed by atoms with van der Waals surface area (Å²) in [6.45, 7) is 4.88. The van der Waals surface area contributed by atoms with Crippen molar-refractivity contribution in [2.24, 2.45) is 0 Å². The lowest BCUT2D eigenvalue weighted by Gasteiger charge is -2.43. The minimum absolute atomic E-state index is 0.0389. The van der Waals surface area contributed by atoms with E-state index in [-0.39, 0.29) is 23.4 Å². The Bertz CT molecular complexity index is 1050. The molecule has 7 heteroatoms. The van der Waals surface area contributed by atoms with Crippen LogP contribution in [0.4, 0.5) is 0 Å². The van der Waals surface area contributed by atoms with E-state index in [4.69, 9.17) is 4.74 Å². The highest BCUT2D eigenvalue weighted by atomic mass is 16.5. The Morgan fingerprint density at radius 2 is 1.12 bits per heavy atom. The van der Waals surface area contributed by atoms with Crippen LogP contribution in [0.2, 0.25) is 0 Å². The Morgan fingerprint density at radius 1 is 0.688 bits per heavy atom. The highest BCUT2D eigenvalue weighted by Gasteiger charge is 2.47. The highest BCUT2D eigenvalue weighted by Crippen LogP contribution is 2.35.